The lowest BCUT2D eigenvalue weighted by molar-refractivity contribution is -0.136. The Kier molecular flexibility index (Phi) is 7.54. The molecule has 0 bridgehead atoms. The van der Waals surface area contributed by atoms with Gasteiger partial charge in [-0.3, -0.25) is 9.69 Å². The van der Waals surface area contributed by atoms with E-state index in [-0.39, 0.29) is 17.1 Å². The molecule has 1 aliphatic rings. The molecule has 0 aromatic heterocycles. The van der Waals surface area contributed by atoms with Gasteiger partial charge in [-0.2, -0.15) is 0 Å². The number of allylic oxidation sites excluding steroid dienone is 1. The van der Waals surface area contributed by atoms with E-state index < -0.39 is 5.97 Å². The lowest BCUT2D eigenvalue weighted by atomic mass is 10.0. The number of amides is 1. The van der Waals surface area contributed by atoms with Crippen LogP contribution in [0.1, 0.15) is 30.5 Å². The monoisotopic (exact) mass is 483 g/mol. The second kappa shape index (κ2) is 11.0. The standard InChI is InChI=1S/C30H29NO5/c1-5-21-11-14-24(15-12-21)31-20(2)28(30(33)35-4)25(29(31)32)17-23-13-16-26(27(18-23)34-3)36-19-22-9-7-6-8-10-22/h6-18H,5,19H2,1-4H3/b25-17-. The highest BCUT2D eigenvalue weighted by Gasteiger charge is 2.37. The molecule has 0 radical (unpaired) electrons. The summed E-state index contributed by atoms with van der Waals surface area (Å²) in [7, 11) is 2.87. The molecule has 6 nitrogen and oxygen atoms in total. The number of nitrogens with zero attached hydrogens (tertiary/aromatic N) is 1. The van der Waals surface area contributed by atoms with Crippen LogP contribution < -0.4 is 14.4 Å². The van der Waals surface area contributed by atoms with E-state index in [0.717, 1.165) is 17.5 Å². The fourth-order valence-corrected chi connectivity index (χ4v) is 4.17. The van der Waals surface area contributed by atoms with E-state index in [2.05, 4.69) is 6.92 Å². The Labute approximate surface area is 211 Å². The molecule has 0 aliphatic carbocycles. The van der Waals surface area contributed by atoms with Crippen LogP contribution in [-0.2, 0) is 27.4 Å². The summed E-state index contributed by atoms with van der Waals surface area (Å²) in [5, 5.41) is 0. The van der Waals surface area contributed by atoms with Gasteiger partial charge >= 0.3 is 5.97 Å². The fourth-order valence-electron chi connectivity index (χ4n) is 4.17. The minimum Gasteiger partial charge on any atom is -0.493 e. The molecule has 1 heterocycles. The quantitative estimate of drug-likeness (QED) is 0.303. The number of methoxy groups -OCH3 is 2. The Morgan fingerprint density at radius 3 is 2.28 bits per heavy atom. The molecule has 184 valence electrons. The average Bonchev–Trinajstić information content (AvgIpc) is 3.16. The predicted octanol–water partition coefficient (Wildman–Crippen LogP) is 5.71. The minimum absolute atomic E-state index is 0.241. The summed E-state index contributed by atoms with van der Waals surface area (Å²) in [5.41, 5.74) is 4.62. The van der Waals surface area contributed by atoms with Crippen LogP contribution in [0.5, 0.6) is 11.5 Å². The largest absolute Gasteiger partial charge is 0.493 e. The summed E-state index contributed by atoms with van der Waals surface area (Å²) in [6.45, 7) is 4.22. The number of carbonyl (C=O) groups excluding carboxylic acids is 2. The van der Waals surface area contributed by atoms with Gasteiger partial charge in [-0.1, -0.05) is 55.5 Å². The van der Waals surface area contributed by atoms with Crippen LogP contribution in [0.15, 0.2) is 89.6 Å². The van der Waals surface area contributed by atoms with Crippen molar-refractivity contribution in [1.82, 2.24) is 0 Å². The molecule has 1 aliphatic heterocycles. The van der Waals surface area contributed by atoms with Crippen molar-refractivity contribution < 1.29 is 23.8 Å². The van der Waals surface area contributed by atoms with Crippen molar-refractivity contribution in [3.63, 3.8) is 0 Å². The Balaban J connectivity index is 1.67. The van der Waals surface area contributed by atoms with Gasteiger partial charge in [-0.15, -0.1) is 0 Å². The Morgan fingerprint density at radius 2 is 1.64 bits per heavy atom. The molecule has 36 heavy (non-hydrogen) atoms. The van der Waals surface area contributed by atoms with Crippen LogP contribution >= 0.6 is 0 Å². The van der Waals surface area contributed by atoms with E-state index in [0.29, 0.717) is 35.1 Å². The molecule has 0 spiro atoms. The maximum Gasteiger partial charge on any atom is 0.340 e. The van der Waals surface area contributed by atoms with Crippen LogP contribution in [0, 0.1) is 0 Å². The van der Waals surface area contributed by atoms with Gasteiger partial charge in [-0.05, 0) is 60.4 Å². The fraction of sp³-hybridized carbons (Fsp3) is 0.200. The molecule has 6 heteroatoms. The van der Waals surface area contributed by atoms with Crippen molar-refractivity contribution in [2.24, 2.45) is 0 Å². The summed E-state index contributed by atoms with van der Waals surface area (Å²) in [6.07, 6.45) is 2.58. The van der Waals surface area contributed by atoms with E-state index in [9.17, 15) is 9.59 Å². The van der Waals surface area contributed by atoms with Gasteiger partial charge in [0.25, 0.3) is 5.91 Å². The second-order valence-electron chi connectivity index (χ2n) is 8.36. The third-order valence-corrected chi connectivity index (χ3v) is 6.13. The Bertz CT molecular complexity index is 1320. The number of carbonyl (C=O) groups is 2. The highest BCUT2D eigenvalue weighted by molar-refractivity contribution is 6.23. The van der Waals surface area contributed by atoms with Crippen LogP contribution in [0.4, 0.5) is 5.69 Å². The molecule has 0 saturated heterocycles. The number of hydrogen-bond acceptors (Lipinski definition) is 5. The number of hydrogen-bond donors (Lipinski definition) is 0. The second-order valence-corrected chi connectivity index (χ2v) is 8.36. The van der Waals surface area contributed by atoms with Gasteiger partial charge in [0.1, 0.15) is 6.61 Å². The first kappa shape index (κ1) is 24.8. The third-order valence-electron chi connectivity index (χ3n) is 6.13. The van der Waals surface area contributed by atoms with Crippen molar-refractivity contribution in [1.29, 1.82) is 0 Å². The molecule has 4 rings (SSSR count). The van der Waals surface area contributed by atoms with Crippen LogP contribution in [0.3, 0.4) is 0 Å². The molecule has 0 fully saturated rings. The normalized spacial score (nSPS) is 14.4. The zero-order valence-electron chi connectivity index (χ0n) is 20.9. The Morgan fingerprint density at radius 1 is 0.917 bits per heavy atom. The smallest absolute Gasteiger partial charge is 0.340 e. The van der Waals surface area contributed by atoms with E-state index in [1.165, 1.54) is 7.11 Å². The molecule has 0 N–H and O–H groups in total. The molecule has 3 aromatic carbocycles. The minimum atomic E-state index is -0.561. The summed E-state index contributed by atoms with van der Waals surface area (Å²) >= 11 is 0. The summed E-state index contributed by atoms with van der Waals surface area (Å²) in [5.74, 6) is 0.256. The maximum absolute atomic E-state index is 13.5. The van der Waals surface area contributed by atoms with Crippen molar-refractivity contribution in [3.05, 3.63) is 106 Å². The first-order valence-electron chi connectivity index (χ1n) is 11.8. The number of aryl methyl sites for hydroxylation is 1. The van der Waals surface area contributed by atoms with E-state index in [4.69, 9.17) is 14.2 Å². The zero-order valence-corrected chi connectivity index (χ0v) is 20.9. The SMILES string of the molecule is CCc1ccc(N2C(=O)/C(=C\c3ccc(OCc4ccccc4)c(OC)c3)C(C(=O)OC)=C2C)cc1. The predicted molar refractivity (Wildman–Crippen MR) is 140 cm³/mol. The van der Waals surface area contributed by atoms with Crippen molar-refractivity contribution in [2.75, 3.05) is 19.1 Å². The van der Waals surface area contributed by atoms with E-state index >= 15 is 0 Å². The van der Waals surface area contributed by atoms with Crippen LogP contribution in [0.25, 0.3) is 6.08 Å². The van der Waals surface area contributed by atoms with Crippen molar-refractivity contribution in [2.45, 2.75) is 26.9 Å². The van der Waals surface area contributed by atoms with E-state index in [1.54, 1.807) is 37.1 Å². The lowest BCUT2D eigenvalue weighted by Gasteiger charge is -2.18. The number of benzene rings is 3. The molecule has 0 saturated carbocycles. The van der Waals surface area contributed by atoms with Crippen molar-refractivity contribution in [3.8, 4) is 11.5 Å². The zero-order chi connectivity index (χ0) is 25.7. The number of ether oxygens (including phenoxy) is 3. The lowest BCUT2D eigenvalue weighted by Crippen LogP contribution is -2.24. The van der Waals surface area contributed by atoms with Gasteiger partial charge in [0.2, 0.25) is 0 Å². The van der Waals surface area contributed by atoms with Crippen molar-refractivity contribution >= 4 is 23.6 Å². The summed E-state index contributed by atoms with van der Waals surface area (Å²) in [4.78, 5) is 27.8. The van der Waals surface area contributed by atoms with Crippen LogP contribution in [-0.4, -0.2) is 26.1 Å². The maximum atomic E-state index is 13.5. The molecule has 0 unspecified atom stereocenters. The number of rotatable bonds is 8. The molecular formula is C30H29NO5. The summed E-state index contributed by atoms with van der Waals surface area (Å²) < 4.78 is 16.5. The molecule has 3 aromatic rings. The molecule has 0 atom stereocenters. The van der Waals surface area contributed by atoms with Gasteiger partial charge < -0.3 is 14.2 Å². The first-order chi connectivity index (χ1) is 17.5. The van der Waals surface area contributed by atoms with Gasteiger partial charge in [0.05, 0.1) is 25.4 Å². The summed E-state index contributed by atoms with van der Waals surface area (Å²) in [6, 6.07) is 23.0. The third kappa shape index (κ3) is 5.03. The molecule has 1 amide bonds. The number of anilines is 1. The van der Waals surface area contributed by atoms with E-state index in [1.807, 2.05) is 60.7 Å². The highest BCUT2D eigenvalue weighted by Crippen LogP contribution is 2.37. The molecular weight excluding hydrogens is 454 g/mol. The Hall–Kier alpha value is -4.32. The average molecular weight is 484 g/mol. The van der Waals surface area contributed by atoms with Gasteiger partial charge in [0.15, 0.2) is 11.5 Å². The number of esters is 1. The van der Waals surface area contributed by atoms with Gasteiger partial charge in [0, 0.05) is 11.4 Å². The topological polar surface area (TPSA) is 65.1 Å². The van der Waals surface area contributed by atoms with Gasteiger partial charge in [-0.25, -0.2) is 4.79 Å². The highest BCUT2D eigenvalue weighted by atomic mass is 16.5. The van der Waals surface area contributed by atoms with Crippen LogP contribution in [0.2, 0.25) is 0 Å². The first-order valence-corrected chi connectivity index (χ1v) is 11.8.